The van der Waals surface area contributed by atoms with Gasteiger partial charge in [0.05, 0.1) is 17.1 Å². The van der Waals surface area contributed by atoms with Gasteiger partial charge in [0.1, 0.15) is 0 Å². The quantitative estimate of drug-likeness (QED) is 0.571. The van der Waals surface area contributed by atoms with E-state index in [4.69, 9.17) is 4.74 Å². The number of carbonyl (C=O) groups excluding carboxylic acids is 1. The van der Waals surface area contributed by atoms with E-state index in [-0.39, 0.29) is 12.1 Å². The van der Waals surface area contributed by atoms with Crippen LogP contribution in [-0.2, 0) is 9.53 Å². The lowest BCUT2D eigenvalue weighted by Gasteiger charge is -2.38. The summed E-state index contributed by atoms with van der Waals surface area (Å²) in [6.07, 6.45) is 1.92. The van der Waals surface area contributed by atoms with E-state index in [2.05, 4.69) is 10.6 Å². The van der Waals surface area contributed by atoms with Crippen molar-refractivity contribution < 1.29 is 19.4 Å². The minimum Gasteiger partial charge on any atom is -0.481 e. The van der Waals surface area contributed by atoms with Gasteiger partial charge in [-0.2, -0.15) is 0 Å². The number of carboxylic acids is 1. The lowest BCUT2D eigenvalue weighted by molar-refractivity contribution is -0.150. The predicted molar refractivity (Wildman–Crippen MR) is 82.4 cm³/mol. The zero-order valence-corrected chi connectivity index (χ0v) is 14.1. The Morgan fingerprint density at radius 1 is 1.14 bits per heavy atom. The van der Waals surface area contributed by atoms with Crippen molar-refractivity contribution in [3.63, 3.8) is 0 Å². The van der Waals surface area contributed by atoms with E-state index in [0.29, 0.717) is 13.2 Å². The molecule has 0 aliphatic rings. The first-order valence-corrected chi connectivity index (χ1v) is 7.41. The molecule has 0 atom stereocenters. The third-order valence-corrected chi connectivity index (χ3v) is 3.83. The van der Waals surface area contributed by atoms with Crippen LogP contribution in [0.5, 0.6) is 0 Å². The van der Waals surface area contributed by atoms with Gasteiger partial charge in [0, 0.05) is 13.2 Å². The summed E-state index contributed by atoms with van der Waals surface area (Å²) in [6.45, 7) is 11.8. The molecule has 0 spiro atoms. The smallest absolute Gasteiger partial charge is 0.315 e. The molecule has 124 valence electrons. The summed E-state index contributed by atoms with van der Waals surface area (Å²) in [5.41, 5.74) is -1.92. The Hall–Kier alpha value is -1.30. The number of hydrogen-bond acceptors (Lipinski definition) is 3. The SMILES string of the molecule is CC(C)OCCCCNC(=O)NC(C)(C)C(C)(C)C(=O)O. The van der Waals surface area contributed by atoms with E-state index in [9.17, 15) is 14.7 Å². The highest BCUT2D eigenvalue weighted by molar-refractivity contribution is 5.79. The van der Waals surface area contributed by atoms with Crippen LogP contribution in [0.4, 0.5) is 4.79 Å². The van der Waals surface area contributed by atoms with Crippen LogP contribution in [-0.4, -0.2) is 41.9 Å². The molecule has 0 radical (unpaired) electrons. The number of urea groups is 1. The van der Waals surface area contributed by atoms with Crippen LogP contribution in [0.25, 0.3) is 0 Å². The Morgan fingerprint density at radius 3 is 2.19 bits per heavy atom. The summed E-state index contributed by atoms with van der Waals surface area (Å²) in [5.74, 6) is -0.946. The first-order valence-electron chi connectivity index (χ1n) is 7.41. The number of carbonyl (C=O) groups is 2. The first kappa shape index (κ1) is 19.7. The van der Waals surface area contributed by atoms with E-state index in [1.54, 1.807) is 27.7 Å². The number of carboxylic acid groups (broad SMARTS) is 1. The highest BCUT2D eigenvalue weighted by Crippen LogP contribution is 2.30. The third kappa shape index (κ3) is 6.80. The summed E-state index contributed by atoms with van der Waals surface area (Å²) in [5, 5.41) is 14.7. The molecule has 0 fully saturated rings. The van der Waals surface area contributed by atoms with Crippen molar-refractivity contribution in [3.05, 3.63) is 0 Å². The fraction of sp³-hybridized carbons (Fsp3) is 0.867. The Kier molecular flexibility index (Phi) is 7.71. The Bertz CT molecular complexity index is 352. The van der Waals surface area contributed by atoms with Crippen molar-refractivity contribution in [1.82, 2.24) is 10.6 Å². The molecule has 0 saturated heterocycles. The molecule has 0 aliphatic heterocycles. The highest BCUT2D eigenvalue weighted by Gasteiger charge is 2.44. The largest absolute Gasteiger partial charge is 0.481 e. The van der Waals surface area contributed by atoms with Crippen LogP contribution in [0.15, 0.2) is 0 Å². The van der Waals surface area contributed by atoms with Crippen molar-refractivity contribution in [3.8, 4) is 0 Å². The van der Waals surface area contributed by atoms with Crippen molar-refractivity contribution >= 4 is 12.0 Å². The molecule has 0 aromatic carbocycles. The zero-order valence-electron chi connectivity index (χ0n) is 14.1. The van der Waals surface area contributed by atoms with Crippen molar-refractivity contribution in [2.75, 3.05) is 13.2 Å². The fourth-order valence-corrected chi connectivity index (χ4v) is 1.50. The molecule has 6 nitrogen and oxygen atoms in total. The molecule has 6 heteroatoms. The standard InChI is InChI=1S/C15H30N2O4/c1-11(2)21-10-8-7-9-16-13(20)17-15(5,6)14(3,4)12(18)19/h11H,7-10H2,1-6H3,(H,18,19)(H2,16,17,20). The van der Waals surface area contributed by atoms with E-state index in [1.807, 2.05) is 13.8 Å². The van der Waals surface area contributed by atoms with E-state index in [1.165, 1.54) is 0 Å². The molecule has 3 N–H and O–H groups in total. The van der Waals surface area contributed by atoms with Crippen LogP contribution in [0.3, 0.4) is 0 Å². The maximum atomic E-state index is 11.8. The predicted octanol–water partition coefficient (Wildman–Crippen LogP) is 2.38. The average molecular weight is 302 g/mol. The first-order chi connectivity index (χ1) is 9.50. The maximum Gasteiger partial charge on any atom is 0.315 e. The Balaban J connectivity index is 4.06. The second kappa shape index (κ2) is 8.22. The molecule has 0 heterocycles. The molecule has 0 aromatic rings. The normalized spacial score (nSPS) is 12.3. The molecule has 0 saturated carbocycles. The van der Waals surface area contributed by atoms with Crippen LogP contribution in [0.2, 0.25) is 0 Å². The van der Waals surface area contributed by atoms with Crippen LogP contribution in [0, 0.1) is 5.41 Å². The van der Waals surface area contributed by atoms with Gasteiger partial charge in [-0.15, -0.1) is 0 Å². The fourth-order valence-electron chi connectivity index (χ4n) is 1.50. The number of nitrogens with one attached hydrogen (secondary N) is 2. The second-order valence-electron chi connectivity index (χ2n) is 6.56. The van der Waals surface area contributed by atoms with Crippen molar-refractivity contribution in [2.45, 2.75) is 66.0 Å². The summed E-state index contributed by atoms with van der Waals surface area (Å²) in [4.78, 5) is 23.1. The molecular weight excluding hydrogens is 272 g/mol. The van der Waals surface area contributed by atoms with Crippen LogP contribution in [0.1, 0.15) is 54.4 Å². The topological polar surface area (TPSA) is 87.7 Å². The number of amides is 2. The minimum atomic E-state index is -1.06. The van der Waals surface area contributed by atoms with Crippen LogP contribution >= 0.6 is 0 Å². The molecule has 0 rings (SSSR count). The monoisotopic (exact) mass is 302 g/mol. The molecule has 2 amide bonds. The second-order valence-corrected chi connectivity index (χ2v) is 6.56. The van der Waals surface area contributed by atoms with Gasteiger partial charge >= 0.3 is 12.0 Å². The summed E-state index contributed by atoms with van der Waals surface area (Å²) >= 11 is 0. The molecule has 0 aliphatic carbocycles. The number of unbranched alkanes of at least 4 members (excludes halogenated alkanes) is 1. The van der Waals surface area contributed by atoms with E-state index >= 15 is 0 Å². The summed E-state index contributed by atoms with van der Waals surface area (Å²) in [6, 6.07) is -0.348. The average Bonchev–Trinajstić information content (AvgIpc) is 2.32. The number of rotatable bonds is 9. The summed E-state index contributed by atoms with van der Waals surface area (Å²) < 4.78 is 5.41. The maximum absolute atomic E-state index is 11.8. The highest BCUT2D eigenvalue weighted by atomic mass is 16.5. The van der Waals surface area contributed by atoms with Gasteiger partial charge in [-0.3, -0.25) is 4.79 Å². The molecule has 0 aromatic heterocycles. The van der Waals surface area contributed by atoms with Crippen molar-refractivity contribution in [1.29, 1.82) is 0 Å². The Morgan fingerprint density at radius 2 is 1.71 bits per heavy atom. The number of hydrogen-bond donors (Lipinski definition) is 3. The van der Waals surface area contributed by atoms with Gasteiger partial charge in [0.15, 0.2) is 0 Å². The van der Waals surface area contributed by atoms with E-state index < -0.39 is 16.9 Å². The molecule has 0 bridgehead atoms. The molecule has 21 heavy (non-hydrogen) atoms. The third-order valence-electron chi connectivity index (χ3n) is 3.83. The minimum absolute atomic E-state index is 0.223. The Labute approximate surface area is 127 Å². The number of aliphatic carboxylic acids is 1. The van der Waals surface area contributed by atoms with Gasteiger partial charge < -0.3 is 20.5 Å². The molecular formula is C15H30N2O4. The zero-order chi connectivity index (χ0) is 16.7. The summed E-state index contributed by atoms with van der Waals surface area (Å²) in [7, 11) is 0. The van der Waals surface area contributed by atoms with Gasteiger partial charge in [-0.05, 0) is 54.4 Å². The van der Waals surface area contributed by atoms with Gasteiger partial charge in [0.2, 0.25) is 0 Å². The van der Waals surface area contributed by atoms with Crippen molar-refractivity contribution in [2.24, 2.45) is 5.41 Å². The van der Waals surface area contributed by atoms with Crippen LogP contribution < -0.4 is 10.6 Å². The lowest BCUT2D eigenvalue weighted by atomic mass is 9.74. The molecule has 0 unspecified atom stereocenters. The number of ether oxygens (including phenoxy) is 1. The van der Waals surface area contributed by atoms with Gasteiger partial charge in [-0.25, -0.2) is 4.79 Å². The van der Waals surface area contributed by atoms with E-state index in [0.717, 1.165) is 12.8 Å². The van der Waals surface area contributed by atoms with Gasteiger partial charge in [0.25, 0.3) is 0 Å². The van der Waals surface area contributed by atoms with Gasteiger partial charge in [-0.1, -0.05) is 0 Å². The lowest BCUT2D eigenvalue weighted by Crippen LogP contribution is -2.59.